The summed E-state index contributed by atoms with van der Waals surface area (Å²) in [7, 11) is 0. The summed E-state index contributed by atoms with van der Waals surface area (Å²) < 4.78 is 0. The normalized spacial score (nSPS) is 10.4. The van der Waals surface area contributed by atoms with E-state index >= 15 is 0 Å². The predicted octanol–water partition coefficient (Wildman–Crippen LogP) is 11.8. The van der Waals surface area contributed by atoms with E-state index < -0.39 is 0 Å². The van der Waals surface area contributed by atoms with Crippen LogP contribution >= 0.6 is 0 Å². The molecule has 0 radical (unpaired) electrons. The zero-order valence-electron chi connectivity index (χ0n) is 23.5. The van der Waals surface area contributed by atoms with E-state index in [4.69, 9.17) is 0 Å². The third kappa shape index (κ3) is 4.87. The quantitative estimate of drug-likeness (QED) is 0.145. The summed E-state index contributed by atoms with van der Waals surface area (Å²) in [4.78, 5) is 0. The highest BCUT2D eigenvalue weighted by Crippen LogP contribution is 2.34. The summed E-state index contributed by atoms with van der Waals surface area (Å²) in [6.45, 7) is 12.4. The fraction of sp³-hybridized carbons (Fsp3) is 0.158. The molecule has 0 atom stereocenters. The lowest BCUT2D eigenvalue weighted by atomic mass is 9.93. The molecule has 7 aromatic carbocycles. The molecule has 0 aliphatic carbocycles. The van der Waals surface area contributed by atoms with Crippen molar-refractivity contribution in [3.8, 4) is 0 Å². The van der Waals surface area contributed by atoms with Crippen LogP contribution in [0.1, 0.15) is 38.8 Å². The molecule has 0 aromatic heterocycles. The number of rotatable bonds is 0. The van der Waals surface area contributed by atoms with Crippen LogP contribution in [0.4, 0.5) is 0 Å². The maximum absolute atomic E-state index is 2.21. The van der Waals surface area contributed by atoms with E-state index in [0.717, 1.165) is 0 Å². The Balaban J connectivity index is 0.000000158. The lowest BCUT2D eigenvalue weighted by Crippen LogP contribution is -1.87. The molecule has 7 aromatic rings. The Labute approximate surface area is 227 Å². The minimum Gasteiger partial charge on any atom is -0.0683 e. The van der Waals surface area contributed by atoms with E-state index in [9.17, 15) is 0 Å². The molecule has 0 saturated heterocycles. The van der Waals surface area contributed by atoms with Crippen LogP contribution in [-0.2, 0) is 0 Å². The van der Waals surface area contributed by atoms with Crippen LogP contribution in [0.25, 0.3) is 53.9 Å². The Morgan fingerprint density at radius 1 is 0.237 bits per heavy atom. The zero-order chi connectivity index (χ0) is 27.1. The van der Waals surface area contributed by atoms with Crippen molar-refractivity contribution in [2.45, 2.75) is 41.5 Å². The van der Waals surface area contributed by atoms with Crippen LogP contribution in [-0.4, -0.2) is 0 Å². The average Bonchev–Trinajstić information content (AvgIpc) is 3.02. The molecule has 0 N–H and O–H groups in total. The Morgan fingerprint density at radius 2 is 0.368 bits per heavy atom. The maximum Gasteiger partial charge on any atom is -0.00990 e. The molecule has 0 nitrogen and oxygen atoms in total. The second-order valence-corrected chi connectivity index (χ2v) is 8.98. The summed E-state index contributed by atoms with van der Waals surface area (Å²) in [6.07, 6.45) is 0. The Morgan fingerprint density at radius 3 is 0.526 bits per heavy atom. The van der Waals surface area contributed by atoms with Crippen molar-refractivity contribution in [3.63, 3.8) is 0 Å². The highest BCUT2D eigenvalue weighted by molar-refractivity contribution is 6.25. The summed E-state index contributed by atoms with van der Waals surface area (Å²) >= 11 is 0. The SMILES string of the molecule is CC.CC.Cc1c2ccccc2c(C)c2ccccc12.c1ccc2c(c1)c1ccccc1c1ccccc21. The van der Waals surface area contributed by atoms with E-state index in [0.29, 0.717) is 0 Å². The van der Waals surface area contributed by atoms with Crippen LogP contribution in [0.2, 0.25) is 0 Å². The van der Waals surface area contributed by atoms with Crippen LogP contribution < -0.4 is 0 Å². The van der Waals surface area contributed by atoms with Gasteiger partial charge in [-0.25, -0.2) is 0 Å². The average molecular weight is 495 g/mol. The third-order valence-corrected chi connectivity index (χ3v) is 7.12. The van der Waals surface area contributed by atoms with Gasteiger partial charge in [0.15, 0.2) is 0 Å². The lowest BCUT2D eigenvalue weighted by Gasteiger charge is -2.11. The van der Waals surface area contributed by atoms with Gasteiger partial charge in [0.1, 0.15) is 0 Å². The smallest absolute Gasteiger partial charge is 0.00990 e. The predicted molar refractivity (Wildman–Crippen MR) is 173 cm³/mol. The van der Waals surface area contributed by atoms with Gasteiger partial charge in [0, 0.05) is 0 Å². The van der Waals surface area contributed by atoms with Gasteiger partial charge in [-0.2, -0.15) is 0 Å². The van der Waals surface area contributed by atoms with Crippen molar-refractivity contribution < 1.29 is 0 Å². The Kier molecular flexibility index (Phi) is 8.77. The van der Waals surface area contributed by atoms with Crippen molar-refractivity contribution in [1.82, 2.24) is 0 Å². The topological polar surface area (TPSA) is 0 Å². The Hall–Kier alpha value is -4.16. The minimum absolute atomic E-state index is 1.34. The number of fused-ring (bicyclic) bond motifs is 8. The maximum atomic E-state index is 2.21. The molecule has 0 aliphatic heterocycles. The van der Waals surface area contributed by atoms with Gasteiger partial charge in [0.25, 0.3) is 0 Å². The van der Waals surface area contributed by atoms with Gasteiger partial charge in [0.2, 0.25) is 0 Å². The number of benzene rings is 7. The molecule has 190 valence electrons. The largest absolute Gasteiger partial charge is 0.0683 e. The first-order chi connectivity index (χ1) is 18.7. The minimum atomic E-state index is 1.34. The first kappa shape index (κ1) is 26.9. The van der Waals surface area contributed by atoms with E-state index in [1.807, 2.05) is 27.7 Å². The van der Waals surface area contributed by atoms with Gasteiger partial charge in [-0.05, 0) is 78.8 Å². The van der Waals surface area contributed by atoms with Crippen molar-refractivity contribution in [3.05, 3.63) is 132 Å². The number of hydrogen-bond acceptors (Lipinski definition) is 0. The molecule has 0 heterocycles. The van der Waals surface area contributed by atoms with Gasteiger partial charge in [-0.15, -0.1) is 0 Å². The van der Waals surface area contributed by atoms with Crippen molar-refractivity contribution in [2.75, 3.05) is 0 Å². The van der Waals surface area contributed by atoms with E-state index in [1.54, 1.807) is 0 Å². The molecule has 0 fully saturated rings. The van der Waals surface area contributed by atoms with E-state index in [1.165, 1.54) is 65.0 Å². The van der Waals surface area contributed by atoms with Gasteiger partial charge >= 0.3 is 0 Å². The summed E-state index contributed by atoms with van der Waals surface area (Å²) in [6, 6.07) is 43.3. The molecule has 0 aliphatic rings. The van der Waals surface area contributed by atoms with Crippen LogP contribution in [0, 0.1) is 13.8 Å². The van der Waals surface area contributed by atoms with E-state index in [-0.39, 0.29) is 0 Å². The third-order valence-electron chi connectivity index (χ3n) is 7.12. The molecule has 0 heteroatoms. The fourth-order valence-electron chi connectivity index (χ4n) is 5.42. The highest BCUT2D eigenvalue weighted by Gasteiger charge is 2.07. The van der Waals surface area contributed by atoms with Crippen LogP contribution in [0.5, 0.6) is 0 Å². The number of hydrogen-bond donors (Lipinski definition) is 0. The van der Waals surface area contributed by atoms with E-state index in [2.05, 4.69) is 135 Å². The van der Waals surface area contributed by atoms with Gasteiger partial charge < -0.3 is 0 Å². The molecule has 0 amide bonds. The molecule has 0 unspecified atom stereocenters. The van der Waals surface area contributed by atoms with Crippen LogP contribution in [0.3, 0.4) is 0 Å². The highest BCUT2D eigenvalue weighted by atomic mass is 14.1. The second kappa shape index (κ2) is 12.4. The first-order valence-corrected chi connectivity index (χ1v) is 13.9. The van der Waals surface area contributed by atoms with Crippen LogP contribution in [0.15, 0.2) is 121 Å². The molecule has 0 spiro atoms. The Bertz CT molecular complexity index is 1480. The molecular formula is C38H38. The molecule has 0 saturated carbocycles. The standard InChI is InChI=1S/C18H12.C16H14.2C2H6/c1-2-8-14-13(7-1)15-9-3-4-11-17(15)18-12-6-5-10-16(14)18;1-11-13-7-3-5-9-15(13)12(2)16-10-6-4-8-14(11)16;2*1-2/h1-12H;3-10H,1-2H3;2*1-2H3. The van der Waals surface area contributed by atoms with Crippen molar-refractivity contribution >= 4 is 53.9 Å². The fourth-order valence-corrected chi connectivity index (χ4v) is 5.42. The summed E-state index contributed by atoms with van der Waals surface area (Å²) in [5.41, 5.74) is 2.77. The zero-order valence-corrected chi connectivity index (χ0v) is 23.5. The molecule has 0 bridgehead atoms. The van der Waals surface area contributed by atoms with Gasteiger partial charge in [0.05, 0.1) is 0 Å². The summed E-state index contributed by atoms with van der Waals surface area (Å²) in [5.74, 6) is 0. The van der Waals surface area contributed by atoms with Crippen molar-refractivity contribution in [2.24, 2.45) is 0 Å². The second-order valence-electron chi connectivity index (χ2n) is 8.98. The monoisotopic (exact) mass is 494 g/mol. The molecular weight excluding hydrogens is 456 g/mol. The first-order valence-electron chi connectivity index (χ1n) is 13.9. The molecule has 7 rings (SSSR count). The lowest BCUT2D eigenvalue weighted by molar-refractivity contribution is 1.50. The summed E-state index contributed by atoms with van der Waals surface area (Å²) in [5, 5.41) is 13.5. The van der Waals surface area contributed by atoms with Crippen molar-refractivity contribution in [1.29, 1.82) is 0 Å². The van der Waals surface area contributed by atoms with Gasteiger partial charge in [-0.1, -0.05) is 149 Å². The molecule has 38 heavy (non-hydrogen) atoms. The van der Waals surface area contributed by atoms with Gasteiger partial charge in [-0.3, -0.25) is 0 Å². The number of aryl methyl sites for hydroxylation is 2.